The molecule has 0 aromatic carbocycles. The molecule has 2 heteroatoms. The first-order chi connectivity index (χ1) is 7.13. The molecule has 1 aliphatic carbocycles. The van der Waals surface area contributed by atoms with Gasteiger partial charge < -0.3 is 11.1 Å². The molecule has 0 amide bonds. The van der Waals surface area contributed by atoms with Crippen molar-refractivity contribution in [3.05, 3.63) is 0 Å². The first kappa shape index (κ1) is 13.0. The van der Waals surface area contributed by atoms with Crippen molar-refractivity contribution in [3.8, 4) is 0 Å². The third-order valence-corrected chi connectivity index (χ3v) is 3.83. The third-order valence-electron chi connectivity index (χ3n) is 3.83. The van der Waals surface area contributed by atoms with E-state index in [1.807, 2.05) is 0 Å². The molecular weight excluding hydrogens is 184 g/mol. The fourth-order valence-electron chi connectivity index (χ4n) is 2.55. The monoisotopic (exact) mass is 212 g/mol. The Balaban J connectivity index is 2.19. The summed E-state index contributed by atoms with van der Waals surface area (Å²) in [6.45, 7) is 6.58. The minimum atomic E-state index is 0.262. The van der Waals surface area contributed by atoms with Gasteiger partial charge in [-0.25, -0.2) is 0 Å². The Hall–Kier alpha value is -0.0800. The normalized spacial score (nSPS) is 31.2. The van der Waals surface area contributed by atoms with Crippen molar-refractivity contribution in [2.24, 2.45) is 11.7 Å². The summed E-state index contributed by atoms with van der Waals surface area (Å²) >= 11 is 0. The summed E-state index contributed by atoms with van der Waals surface area (Å²) in [5.41, 5.74) is 5.87. The van der Waals surface area contributed by atoms with Gasteiger partial charge in [-0.05, 0) is 45.4 Å². The molecule has 2 unspecified atom stereocenters. The van der Waals surface area contributed by atoms with E-state index in [4.69, 9.17) is 5.73 Å². The van der Waals surface area contributed by atoms with Gasteiger partial charge in [0, 0.05) is 18.1 Å². The van der Waals surface area contributed by atoms with E-state index in [1.54, 1.807) is 0 Å². The summed E-state index contributed by atoms with van der Waals surface area (Å²) in [5.74, 6) is 0.999. The van der Waals surface area contributed by atoms with Crippen LogP contribution in [0.1, 0.15) is 59.3 Å². The quantitative estimate of drug-likeness (QED) is 0.735. The standard InChI is InChI=1S/C13H28N2/c1-4-5-12-6-8-13(9-7-12)15-11(3)10(2)14/h10-13,15H,4-9,14H2,1-3H3. The fourth-order valence-corrected chi connectivity index (χ4v) is 2.55. The van der Waals surface area contributed by atoms with Gasteiger partial charge in [0.25, 0.3) is 0 Å². The SMILES string of the molecule is CCCC1CCC(NC(C)C(C)N)CC1. The molecule has 0 aromatic rings. The molecule has 0 heterocycles. The summed E-state index contributed by atoms with van der Waals surface area (Å²) in [6.07, 6.45) is 8.30. The maximum Gasteiger partial charge on any atom is 0.0190 e. The molecule has 1 fully saturated rings. The number of hydrogen-bond acceptors (Lipinski definition) is 2. The topological polar surface area (TPSA) is 38.0 Å². The van der Waals surface area contributed by atoms with E-state index in [0.29, 0.717) is 6.04 Å². The van der Waals surface area contributed by atoms with Crippen LogP contribution in [0.3, 0.4) is 0 Å². The zero-order valence-corrected chi connectivity index (χ0v) is 10.6. The number of hydrogen-bond donors (Lipinski definition) is 2. The van der Waals surface area contributed by atoms with Crippen LogP contribution in [-0.4, -0.2) is 18.1 Å². The van der Waals surface area contributed by atoms with Gasteiger partial charge in [-0.3, -0.25) is 0 Å². The zero-order chi connectivity index (χ0) is 11.3. The van der Waals surface area contributed by atoms with Gasteiger partial charge >= 0.3 is 0 Å². The van der Waals surface area contributed by atoms with E-state index in [0.717, 1.165) is 12.0 Å². The number of nitrogens with one attached hydrogen (secondary N) is 1. The Morgan fingerprint density at radius 1 is 1.20 bits per heavy atom. The molecule has 1 aliphatic rings. The van der Waals surface area contributed by atoms with Crippen LogP contribution in [0.2, 0.25) is 0 Å². The predicted octanol–water partition coefficient (Wildman–Crippen LogP) is 2.67. The smallest absolute Gasteiger partial charge is 0.0190 e. The van der Waals surface area contributed by atoms with Crippen LogP contribution in [0.4, 0.5) is 0 Å². The molecular formula is C13H28N2. The summed E-state index contributed by atoms with van der Waals surface area (Å²) in [5, 5.41) is 3.66. The maximum absolute atomic E-state index is 5.87. The first-order valence-corrected chi connectivity index (χ1v) is 6.65. The van der Waals surface area contributed by atoms with E-state index in [1.165, 1.54) is 38.5 Å². The molecule has 0 aromatic heterocycles. The highest BCUT2D eigenvalue weighted by molar-refractivity contribution is 4.81. The fraction of sp³-hybridized carbons (Fsp3) is 1.00. The highest BCUT2D eigenvalue weighted by Gasteiger charge is 2.22. The second kappa shape index (κ2) is 6.49. The lowest BCUT2D eigenvalue weighted by molar-refractivity contribution is 0.259. The lowest BCUT2D eigenvalue weighted by atomic mass is 9.83. The van der Waals surface area contributed by atoms with Crippen molar-refractivity contribution in [3.63, 3.8) is 0 Å². The minimum absolute atomic E-state index is 0.262. The van der Waals surface area contributed by atoms with Gasteiger partial charge in [0.05, 0.1) is 0 Å². The largest absolute Gasteiger partial charge is 0.327 e. The highest BCUT2D eigenvalue weighted by Crippen LogP contribution is 2.27. The van der Waals surface area contributed by atoms with Gasteiger partial charge in [0.1, 0.15) is 0 Å². The summed E-state index contributed by atoms with van der Waals surface area (Å²) in [7, 11) is 0. The van der Waals surface area contributed by atoms with Crippen LogP contribution < -0.4 is 11.1 Å². The molecule has 0 spiro atoms. The zero-order valence-electron chi connectivity index (χ0n) is 10.6. The highest BCUT2D eigenvalue weighted by atomic mass is 15.0. The molecule has 1 rings (SSSR count). The molecule has 0 bridgehead atoms. The van der Waals surface area contributed by atoms with Gasteiger partial charge in [-0.2, -0.15) is 0 Å². The van der Waals surface area contributed by atoms with Crippen molar-refractivity contribution < 1.29 is 0 Å². The van der Waals surface area contributed by atoms with E-state index in [-0.39, 0.29) is 6.04 Å². The van der Waals surface area contributed by atoms with Crippen LogP contribution in [0.25, 0.3) is 0 Å². The Kier molecular flexibility index (Phi) is 5.62. The summed E-state index contributed by atoms with van der Waals surface area (Å²) < 4.78 is 0. The Labute approximate surface area is 95.0 Å². The molecule has 2 atom stereocenters. The van der Waals surface area contributed by atoms with Crippen LogP contribution >= 0.6 is 0 Å². The Morgan fingerprint density at radius 2 is 1.80 bits per heavy atom. The minimum Gasteiger partial charge on any atom is -0.327 e. The molecule has 2 nitrogen and oxygen atoms in total. The van der Waals surface area contributed by atoms with Crippen LogP contribution in [0, 0.1) is 5.92 Å². The molecule has 1 saturated carbocycles. The molecule has 90 valence electrons. The van der Waals surface area contributed by atoms with Crippen molar-refractivity contribution in [1.82, 2.24) is 5.32 Å². The Morgan fingerprint density at radius 3 is 2.27 bits per heavy atom. The van der Waals surface area contributed by atoms with Gasteiger partial charge in [0.2, 0.25) is 0 Å². The first-order valence-electron chi connectivity index (χ1n) is 6.65. The number of nitrogens with two attached hydrogens (primary N) is 1. The third kappa shape index (κ3) is 4.52. The van der Waals surface area contributed by atoms with Crippen molar-refractivity contribution >= 4 is 0 Å². The summed E-state index contributed by atoms with van der Waals surface area (Å²) in [4.78, 5) is 0. The second-order valence-electron chi connectivity index (χ2n) is 5.32. The van der Waals surface area contributed by atoms with E-state index in [9.17, 15) is 0 Å². The van der Waals surface area contributed by atoms with Crippen LogP contribution in [0.5, 0.6) is 0 Å². The second-order valence-corrected chi connectivity index (χ2v) is 5.32. The molecule has 0 radical (unpaired) electrons. The van der Waals surface area contributed by atoms with Crippen molar-refractivity contribution in [2.45, 2.75) is 77.4 Å². The number of rotatable bonds is 5. The maximum atomic E-state index is 5.87. The van der Waals surface area contributed by atoms with E-state index in [2.05, 4.69) is 26.1 Å². The lowest BCUT2D eigenvalue weighted by Crippen LogP contribution is -2.47. The molecule has 0 saturated heterocycles. The van der Waals surface area contributed by atoms with Crippen molar-refractivity contribution in [2.75, 3.05) is 0 Å². The molecule has 3 N–H and O–H groups in total. The van der Waals surface area contributed by atoms with E-state index >= 15 is 0 Å². The van der Waals surface area contributed by atoms with Gasteiger partial charge in [-0.15, -0.1) is 0 Å². The van der Waals surface area contributed by atoms with E-state index < -0.39 is 0 Å². The van der Waals surface area contributed by atoms with Gasteiger partial charge in [-0.1, -0.05) is 19.8 Å². The summed E-state index contributed by atoms with van der Waals surface area (Å²) in [6, 6.07) is 1.44. The van der Waals surface area contributed by atoms with Gasteiger partial charge in [0.15, 0.2) is 0 Å². The molecule has 0 aliphatic heterocycles. The average Bonchev–Trinajstić information content (AvgIpc) is 2.21. The average molecular weight is 212 g/mol. The predicted molar refractivity (Wildman–Crippen MR) is 66.9 cm³/mol. The van der Waals surface area contributed by atoms with Crippen LogP contribution in [-0.2, 0) is 0 Å². The lowest BCUT2D eigenvalue weighted by Gasteiger charge is -2.32. The van der Waals surface area contributed by atoms with Crippen LogP contribution in [0.15, 0.2) is 0 Å². The Bertz CT molecular complexity index is 160. The van der Waals surface area contributed by atoms with Crippen molar-refractivity contribution in [1.29, 1.82) is 0 Å². The molecule has 15 heavy (non-hydrogen) atoms.